The average molecular weight is 243 g/mol. The number of hydrogen-bond donors (Lipinski definition) is 1. The molecule has 0 saturated carbocycles. The Morgan fingerprint density at radius 1 is 1.35 bits per heavy atom. The summed E-state index contributed by atoms with van der Waals surface area (Å²) >= 11 is 0. The van der Waals surface area contributed by atoms with E-state index in [-0.39, 0.29) is 5.60 Å². The summed E-state index contributed by atoms with van der Waals surface area (Å²) in [6.07, 6.45) is 3.37. The minimum atomic E-state index is 0.0361. The van der Waals surface area contributed by atoms with Crippen LogP contribution in [0.5, 0.6) is 0 Å². The highest BCUT2D eigenvalue weighted by Crippen LogP contribution is 2.23. The van der Waals surface area contributed by atoms with Crippen LogP contribution in [0.2, 0.25) is 0 Å². The maximum Gasteiger partial charge on any atom is 0.0641 e. The van der Waals surface area contributed by atoms with Crippen molar-refractivity contribution >= 4 is 0 Å². The van der Waals surface area contributed by atoms with Gasteiger partial charge in [0.05, 0.1) is 12.2 Å². The Labute approximate surface area is 106 Å². The summed E-state index contributed by atoms with van der Waals surface area (Å²) in [5.41, 5.74) is 0.0361. The van der Waals surface area contributed by atoms with Crippen LogP contribution >= 0.6 is 0 Å². The Balaban J connectivity index is 1.99. The first-order chi connectivity index (χ1) is 7.99. The molecule has 102 valence electrons. The summed E-state index contributed by atoms with van der Waals surface area (Å²) in [4.78, 5) is 0. The van der Waals surface area contributed by atoms with Crippen LogP contribution in [0.4, 0.5) is 0 Å². The third kappa shape index (κ3) is 7.02. The van der Waals surface area contributed by atoms with Crippen molar-refractivity contribution in [1.29, 1.82) is 0 Å². The third-order valence-electron chi connectivity index (χ3n) is 3.22. The fraction of sp³-hybridized carbons (Fsp3) is 1.00. The second-order valence-electron chi connectivity index (χ2n) is 6.05. The van der Waals surface area contributed by atoms with Crippen molar-refractivity contribution in [2.75, 3.05) is 26.4 Å². The van der Waals surface area contributed by atoms with Gasteiger partial charge in [0.15, 0.2) is 0 Å². The second kappa shape index (κ2) is 7.34. The van der Waals surface area contributed by atoms with Gasteiger partial charge in [-0.15, -0.1) is 0 Å². The first-order valence-electron chi connectivity index (χ1n) is 6.95. The van der Waals surface area contributed by atoms with Crippen LogP contribution < -0.4 is 5.32 Å². The Morgan fingerprint density at radius 3 is 2.76 bits per heavy atom. The molecule has 1 saturated heterocycles. The molecule has 1 unspecified atom stereocenters. The molecule has 0 aromatic heterocycles. The lowest BCUT2D eigenvalue weighted by atomic mass is 9.94. The Hall–Kier alpha value is -0.120. The van der Waals surface area contributed by atoms with Gasteiger partial charge in [-0.2, -0.15) is 0 Å². The van der Waals surface area contributed by atoms with Crippen molar-refractivity contribution in [2.24, 2.45) is 5.92 Å². The standard InChI is InChI=1S/C14H29NO2/c1-12(2)5-8-16-10-7-15-13-6-9-17-14(3,4)11-13/h12-13,15H,5-11H2,1-4H3. The molecule has 1 rings (SSSR count). The Morgan fingerprint density at radius 2 is 2.12 bits per heavy atom. The molecule has 0 bridgehead atoms. The van der Waals surface area contributed by atoms with Gasteiger partial charge in [-0.1, -0.05) is 13.8 Å². The van der Waals surface area contributed by atoms with E-state index in [0.29, 0.717) is 6.04 Å². The smallest absolute Gasteiger partial charge is 0.0641 e. The lowest BCUT2D eigenvalue weighted by Crippen LogP contribution is -2.44. The van der Waals surface area contributed by atoms with Crippen molar-refractivity contribution in [2.45, 2.75) is 58.6 Å². The van der Waals surface area contributed by atoms with Crippen LogP contribution in [0.25, 0.3) is 0 Å². The van der Waals surface area contributed by atoms with E-state index in [2.05, 4.69) is 33.0 Å². The van der Waals surface area contributed by atoms with Crippen LogP contribution in [0.1, 0.15) is 47.0 Å². The Kier molecular flexibility index (Phi) is 6.45. The van der Waals surface area contributed by atoms with Gasteiger partial charge in [0.1, 0.15) is 0 Å². The highest BCUT2D eigenvalue weighted by atomic mass is 16.5. The molecular weight excluding hydrogens is 214 g/mol. The Bertz CT molecular complexity index is 204. The summed E-state index contributed by atoms with van der Waals surface area (Å²) in [5.74, 6) is 0.735. The minimum Gasteiger partial charge on any atom is -0.380 e. The predicted octanol–water partition coefficient (Wildman–Crippen LogP) is 2.60. The molecule has 3 nitrogen and oxygen atoms in total. The molecule has 17 heavy (non-hydrogen) atoms. The van der Waals surface area contributed by atoms with Gasteiger partial charge < -0.3 is 14.8 Å². The van der Waals surface area contributed by atoms with Crippen molar-refractivity contribution in [3.8, 4) is 0 Å². The maximum absolute atomic E-state index is 5.70. The molecule has 1 N–H and O–H groups in total. The second-order valence-corrected chi connectivity index (χ2v) is 6.05. The molecule has 1 heterocycles. The summed E-state index contributed by atoms with van der Waals surface area (Å²) in [6.45, 7) is 12.3. The number of hydrogen-bond acceptors (Lipinski definition) is 3. The highest BCUT2D eigenvalue weighted by molar-refractivity contribution is 4.82. The third-order valence-corrected chi connectivity index (χ3v) is 3.22. The lowest BCUT2D eigenvalue weighted by Gasteiger charge is -2.36. The molecule has 1 aliphatic heterocycles. The molecule has 0 radical (unpaired) electrons. The zero-order valence-corrected chi connectivity index (χ0v) is 11.9. The summed E-state index contributed by atoms with van der Waals surface area (Å²) in [6, 6.07) is 0.590. The van der Waals surface area contributed by atoms with Gasteiger partial charge in [-0.05, 0) is 39.0 Å². The SMILES string of the molecule is CC(C)CCOCCNC1CCOC(C)(C)C1. The molecule has 1 fully saturated rings. The van der Waals surface area contributed by atoms with Crippen LogP contribution in [0, 0.1) is 5.92 Å². The normalized spacial score (nSPS) is 24.2. The van der Waals surface area contributed by atoms with Crippen LogP contribution in [-0.2, 0) is 9.47 Å². The van der Waals surface area contributed by atoms with Gasteiger partial charge in [-0.25, -0.2) is 0 Å². The topological polar surface area (TPSA) is 30.5 Å². The summed E-state index contributed by atoms with van der Waals surface area (Å²) in [5, 5.41) is 3.56. The van der Waals surface area contributed by atoms with E-state index < -0.39 is 0 Å². The van der Waals surface area contributed by atoms with Crippen molar-refractivity contribution < 1.29 is 9.47 Å². The van der Waals surface area contributed by atoms with E-state index in [1.54, 1.807) is 0 Å². The molecule has 1 atom stereocenters. The van der Waals surface area contributed by atoms with Gasteiger partial charge in [0, 0.05) is 25.8 Å². The number of ether oxygens (including phenoxy) is 2. The molecule has 0 aliphatic carbocycles. The highest BCUT2D eigenvalue weighted by Gasteiger charge is 2.28. The summed E-state index contributed by atoms with van der Waals surface area (Å²) < 4.78 is 11.3. The molecule has 3 heteroatoms. The van der Waals surface area contributed by atoms with E-state index in [0.717, 1.165) is 51.5 Å². The molecule has 0 aromatic carbocycles. The largest absolute Gasteiger partial charge is 0.380 e. The van der Waals surface area contributed by atoms with Crippen LogP contribution in [0.3, 0.4) is 0 Å². The summed E-state index contributed by atoms with van der Waals surface area (Å²) in [7, 11) is 0. The zero-order chi connectivity index (χ0) is 12.7. The van der Waals surface area contributed by atoms with Gasteiger partial charge in [0.25, 0.3) is 0 Å². The molecule has 1 aliphatic rings. The maximum atomic E-state index is 5.70. The monoisotopic (exact) mass is 243 g/mol. The van der Waals surface area contributed by atoms with E-state index >= 15 is 0 Å². The molecule has 0 spiro atoms. The number of nitrogens with one attached hydrogen (secondary N) is 1. The van der Waals surface area contributed by atoms with Crippen molar-refractivity contribution in [1.82, 2.24) is 5.32 Å². The molecule has 0 amide bonds. The van der Waals surface area contributed by atoms with Gasteiger partial charge in [-0.3, -0.25) is 0 Å². The van der Waals surface area contributed by atoms with E-state index in [1.807, 2.05) is 0 Å². The van der Waals surface area contributed by atoms with Crippen LogP contribution in [-0.4, -0.2) is 38.0 Å². The average Bonchev–Trinajstić information content (AvgIpc) is 2.21. The fourth-order valence-corrected chi connectivity index (χ4v) is 2.16. The van der Waals surface area contributed by atoms with E-state index in [4.69, 9.17) is 9.47 Å². The molecule has 0 aromatic rings. The van der Waals surface area contributed by atoms with Gasteiger partial charge >= 0.3 is 0 Å². The lowest BCUT2D eigenvalue weighted by molar-refractivity contribution is -0.0634. The number of rotatable bonds is 7. The van der Waals surface area contributed by atoms with Gasteiger partial charge in [0.2, 0.25) is 0 Å². The first kappa shape index (κ1) is 14.9. The molecular formula is C14H29NO2. The fourth-order valence-electron chi connectivity index (χ4n) is 2.16. The zero-order valence-electron chi connectivity index (χ0n) is 11.9. The van der Waals surface area contributed by atoms with E-state index in [9.17, 15) is 0 Å². The first-order valence-corrected chi connectivity index (χ1v) is 6.95. The minimum absolute atomic E-state index is 0.0361. The predicted molar refractivity (Wildman–Crippen MR) is 71.3 cm³/mol. The quantitative estimate of drug-likeness (QED) is 0.697. The van der Waals surface area contributed by atoms with Crippen molar-refractivity contribution in [3.63, 3.8) is 0 Å². The van der Waals surface area contributed by atoms with Crippen molar-refractivity contribution in [3.05, 3.63) is 0 Å². The van der Waals surface area contributed by atoms with E-state index in [1.165, 1.54) is 0 Å². The van der Waals surface area contributed by atoms with Crippen LogP contribution in [0.15, 0.2) is 0 Å².